The maximum atomic E-state index is 12.1. The quantitative estimate of drug-likeness (QED) is 0.479. The lowest BCUT2D eigenvalue weighted by Crippen LogP contribution is -2.47. The standard InChI is InChI=1S/C22H28N8O2/c1-3-4-5-24-21(32)17-12-26-18(13-25-17)29-6-8-30(9-7-29)22-27-16-11-14(2)10-15(20(23)31)19(16)28-22/h10-13H,3-9H2,1-2H3,(H2,23,31)(H,24,32)(H,27,28). The molecule has 0 radical (unpaired) electrons. The summed E-state index contributed by atoms with van der Waals surface area (Å²) in [7, 11) is 0. The van der Waals surface area contributed by atoms with Crippen molar-refractivity contribution < 1.29 is 9.59 Å². The number of fused-ring (bicyclic) bond motifs is 1. The summed E-state index contributed by atoms with van der Waals surface area (Å²) in [5, 5.41) is 2.85. The number of unbranched alkanes of at least 4 members (excludes halogenated alkanes) is 1. The second-order valence-corrected chi connectivity index (χ2v) is 7.98. The maximum Gasteiger partial charge on any atom is 0.271 e. The van der Waals surface area contributed by atoms with Gasteiger partial charge in [0.05, 0.1) is 23.5 Å². The van der Waals surface area contributed by atoms with Crippen molar-refractivity contribution in [1.29, 1.82) is 0 Å². The second kappa shape index (κ2) is 9.21. The number of primary amides is 1. The third-order valence-electron chi connectivity index (χ3n) is 5.57. The number of piperazine rings is 1. The molecular weight excluding hydrogens is 408 g/mol. The summed E-state index contributed by atoms with van der Waals surface area (Å²) in [6.07, 6.45) is 5.14. The van der Waals surface area contributed by atoms with E-state index >= 15 is 0 Å². The van der Waals surface area contributed by atoms with Gasteiger partial charge in [-0.05, 0) is 31.0 Å². The molecule has 1 fully saturated rings. The van der Waals surface area contributed by atoms with E-state index in [2.05, 4.69) is 42.0 Å². The fourth-order valence-corrected chi connectivity index (χ4v) is 3.80. The summed E-state index contributed by atoms with van der Waals surface area (Å²) in [5.74, 6) is 0.782. The molecule has 4 rings (SSSR count). The highest BCUT2D eigenvalue weighted by atomic mass is 16.2. The molecule has 4 N–H and O–H groups in total. The molecule has 1 aromatic carbocycles. The van der Waals surface area contributed by atoms with Gasteiger partial charge in [0.2, 0.25) is 5.95 Å². The van der Waals surface area contributed by atoms with Crippen LogP contribution in [0.2, 0.25) is 0 Å². The number of hydrogen-bond acceptors (Lipinski definition) is 7. The average molecular weight is 437 g/mol. The zero-order valence-electron chi connectivity index (χ0n) is 18.4. The highest BCUT2D eigenvalue weighted by molar-refractivity contribution is 6.04. The topological polar surface area (TPSA) is 133 Å². The molecule has 0 unspecified atom stereocenters. The number of amides is 2. The van der Waals surface area contributed by atoms with Gasteiger partial charge in [0.15, 0.2) is 0 Å². The van der Waals surface area contributed by atoms with Gasteiger partial charge in [-0.1, -0.05) is 13.3 Å². The molecule has 10 nitrogen and oxygen atoms in total. The summed E-state index contributed by atoms with van der Waals surface area (Å²) in [5.41, 5.74) is 8.63. The van der Waals surface area contributed by atoms with Crippen molar-refractivity contribution in [2.45, 2.75) is 26.7 Å². The zero-order valence-corrected chi connectivity index (χ0v) is 18.4. The van der Waals surface area contributed by atoms with Gasteiger partial charge >= 0.3 is 0 Å². The number of H-pyrrole nitrogens is 1. The van der Waals surface area contributed by atoms with Crippen LogP contribution in [0.4, 0.5) is 11.8 Å². The number of nitrogens with one attached hydrogen (secondary N) is 2. The summed E-state index contributed by atoms with van der Waals surface area (Å²) in [4.78, 5) is 44.8. The summed E-state index contributed by atoms with van der Waals surface area (Å²) < 4.78 is 0. The van der Waals surface area contributed by atoms with E-state index in [0.717, 1.165) is 61.9 Å². The molecule has 0 atom stereocenters. The number of aryl methyl sites for hydroxylation is 1. The fraction of sp³-hybridized carbons (Fsp3) is 0.409. The van der Waals surface area contributed by atoms with Crippen LogP contribution in [-0.4, -0.2) is 64.5 Å². The van der Waals surface area contributed by atoms with E-state index in [0.29, 0.717) is 23.3 Å². The largest absolute Gasteiger partial charge is 0.366 e. The predicted molar refractivity (Wildman–Crippen MR) is 123 cm³/mol. The van der Waals surface area contributed by atoms with Crippen LogP contribution >= 0.6 is 0 Å². The summed E-state index contributed by atoms with van der Waals surface area (Å²) >= 11 is 0. The van der Waals surface area contributed by atoms with Gasteiger partial charge < -0.3 is 25.8 Å². The number of anilines is 2. The van der Waals surface area contributed by atoms with Gasteiger partial charge in [-0.2, -0.15) is 0 Å². The fourth-order valence-electron chi connectivity index (χ4n) is 3.80. The van der Waals surface area contributed by atoms with Gasteiger partial charge in [-0.3, -0.25) is 9.59 Å². The Balaban J connectivity index is 1.40. The minimum absolute atomic E-state index is 0.197. The maximum absolute atomic E-state index is 12.1. The van der Waals surface area contributed by atoms with Crippen LogP contribution in [0.3, 0.4) is 0 Å². The van der Waals surface area contributed by atoms with Crippen LogP contribution in [0.15, 0.2) is 24.5 Å². The van der Waals surface area contributed by atoms with E-state index in [1.807, 2.05) is 13.0 Å². The first-order chi connectivity index (χ1) is 15.5. The molecule has 1 aliphatic rings. The summed E-state index contributed by atoms with van der Waals surface area (Å²) in [6.45, 7) is 7.56. The van der Waals surface area contributed by atoms with Gasteiger partial charge in [-0.25, -0.2) is 15.0 Å². The summed E-state index contributed by atoms with van der Waals surface area (Å²) in [6, 6.07) is 3.73. The lowest BCUT2D eigenvalue weighted by molar-refractivity contribution is 0.0946. The number of carbonyl (C=O) groups is 2. The van der Waals surface area contributed by atoms with Gasteiger partial charge in [-0.15, -0.1) is 0 Å². The number of nitrogens with two attached hydrogens (primary N) is 1. The van der Waals surface area contributed by atoms with Crippen molar-refractivity contribution in [2.24, 2.45) is 5.73 Å². The zero-order chi connectivity index (χ0) is 22.7. The Labute approximate surface area is 186 Å². The van der Waals surface area contributed by atoms with E-state index in [-0.39, 0.29) is 5.91 Å². The molecule has 32 heavy (non-hydrogen) atoms. The predicted octanol–water partition coefficient (Wildman–Crippen LogP) is 1.62. The number of carbonyl (C=O) groups excluding carboxylic acids is 2. The molecule has 1 aliphatic heterocycles. The van der Waals surface area contributed by atoms with Crippen LogP contribution < -0.4 is 20.9 Å². The molecular formula is C22H28N8O2. The van der Waals surface area contributed by atoms with E-state index < -0.39 is 5.91 Å². The third kappa shape index (κ3) is 4.48. The van der Waals surface area contributed by atoms with Crippen LogP contribution in [0, 0.1) is 6.92 Å². The minimum Gasteiger partial charge on any atom is -0.366 e. The van der Waals surface area contributed by atoms with Crippen molar-refractivity contribution in [1.82, 2.24) is 25.3 Å². The molecule has 2 aromatic heterocycles. The average Bonchev–Trinajstić information content (AvgIpc) is 3.22. The van der Waals surface area contributed by atoms with E-state index in [1.165, 1.54) is 6.20 Å². The molecule has 0 bridgehead atoms. The first-order valence-corrected chi connectivity index (χ1v) is 10.9. The van der Waals surface area contributed by atoms with Gasteiger partial charge in [0.25, 0.3) is 11.8 Å². The smallest absolute Gasteiger partial charge is 0.271 e. The number of aromatic amines is 1. The van der Waals surface area contributed by atoms with Crippen LogP contribution in [-0.2, 0) is 0 Å². The molecule has 2 amide bonds. The lowest BCUT2D eigenvalue weighted by Gasteiger charge is -2.35. The van der Waals surface area contributed by atoms with E-state index in [4.69, 9.17) is 5.73 Å². The molecule has 10 heteroatoms. The monoisotopic (exact) mass is 436 g/mol. The Kier molecular flexibility index (Phi) is 6.20. The highest BCUT2D eigenvalue weighted by Crippen LogP contribution is 2.24. The van der Waals surface area contributed by atoms with Crippen molar-refractivity contribution in [3.63, 3.8) is 0 Å². The highest BCUT2D eigenvalue weighted by Gasteiger charge is 2.22. The van der Waals surface area contributed by atoms with E-state index in [1.54, 1.807) is 12.3 Å². The Hall–Kier alpha value is -3.69. The molecule has 168 valence electrons. The van der Waals surface area contributed by atoms with E-state index in [9.17, 15) is 9.59 Å². The number of imidazole rings is 1. The normalized spacial score (nSPS) is 14.1. The Bertz CT molecular complexity index is 1120. The number of nitrogens with zero attached hydrogens (tertiary/aromatic N) is 5. The van der Waals surface area contributed by atoms with Crippen LogP contribution in [0.25, 0.3) is 11.0 Å². The molecule has 1 saturated heterocycles. The van der Waals surface area contributed by atoms with Crippen molar-refractivity contribution in [3.8, 4) is 0 Å². The Morgan fingerprint density at radius 2 is 1.88 bits per heavy atom. The van der Waals surface area contributed by atoms with Gasteiger partial charge in [0, 0.05) is 32.7 Å². The first-order valence-electron chi connectivity index (χ1n) is 10.9. The molecule has 3 aromatic rings. The Morgan fingerprint density at radius 1 is 1.12 bits per heavy atom. The minimum atomic E-state index is -0.484. The first kappa shape index (κ1) is 21.5. The van der Waals surface area contributed by atoms with Crippen LogP contribution in [0.5, 0.6) is 0 Å². The number of aromatic nitrogens is 4. The number of rotatable bonds is 7. The van der Waals surface area contributed by atoms with Crippen molar-refractivity contribution in [3.05, 3.63) is 41.3 Å². The molecule has 0 saturated carbocycles. The molecule has 3 heterocycles. The van der Waals surface area contributed by atoms with Gasteiger partial charge in [0.1, 0.15) is 17.0 Å². The number of hydrogen-bond donors (Lipinski definition) is 3. The third-order valence-corrected chi connectivity index (χ3v) is 5.57. The lowest BCUT2D eigenvalue weighted by atomic mass is 10.1. The molecule has 0 spiro atoms. The van der Waals surface area contributed by atoms with Crippen molar-refractivity contribution >= 4 is 34.6 Å². The second-order valence-electron chi connectivity index (χ2n) is 7.98. The molecule has 0 aliphatic carbocycles. The van der Waals surface area contributed by atoms with Crippen LogP contribution in [0.1, 0.15) is 46.2 Å². The number of benzene rings is 1. The van der Waals surface area contributed by atoms with Crippen molar-refractivity contribution in [2.75, 3.05) is 42.5 Å². The SMILES string of the molecule is CCCCNC(=O)c1cnc(N2CCN(c3nc4c(C(N)=O)cc(C)cc4[nH]3)CC2)cn1. The Morgan fingerprint density at radius 3 is 2.53 bits per heavy atom.